The van der Waals surface area contributed by atoms with Crippen LogP contribution in [0.25, 0.3) is 0 Å². The maximum Gasteiger partial charge on any atom is 0.293 e. The Morgan fingerprint density at radius 1 is 1.80 bits per heavy atom. The molecule has 1 aliphatic rings. The number of carbonyl (C=O) groups excluding carboxylic acids is 1. The normalized spacial score (nSPS) is 24.0. The first-order chi connectivity index (χ1) is 4.64. The van der Waals surface area contributed by atoms with Gasteiger partial charge in [-0.2, -0.15) is 0 Å². The fourth-order valence-electron chi connectivity index (χ4n) is 0.913. The highest BCUT2D eigenvalue weighted by molar-refractivity contribution is 5.38. The Labute approximate surface area is 60.3 Å². The van der Waals surface area contributed by atoms with Crippen LogP contribution in [0.4, 0.5) is 0 Å². The summed E-state index contributed by atoms with van der Waals surface area (Å²) in [5.41, 5.74) is -0.358. The summed E-state index contributed by atoms with van der Waals surface area (Å²) in [6.07, 6.45) is 1.11. The van der Waals surface area contributed by atoms with Gasteiger partial charge in [0.05, 0.1) is 12.7 Å². The van der Waals surface area contributed by atoms with Gasteiger partial charge in [0.2, 0.25) is 0 Å². The van der Waals surface area contributed by atoms with Crippen molar-refractivity contribution in [1.82, 2.24) is 0 Å². The first-order valence-electron chi connectivity index (χ1n) is 3.37. The fraction of sp³-hybridized carbons (Fsp3) is 0.857. The van der Waals surface area contributed by atoms with Crippen LogP contribution >= 0.6 is 0 Å². The summed E-state index contributed by atoms with van der Waals surface area (Å²) in [6.45, 7) is 5.06. The summed E-state index contributed by atoms with van der Waals surface area (Å²) < 4.78 is 9.81. The van der Waals surface area contributed by atoms with E-state index in [9.17, 15) is 4.79 Å². The van der Waals surface area contributed by atoms with E-state index in [2.05, 4.69) is 0 Å². The average molecular weight is 144 g/mol. The number of ether oxygens (including phenoxy) is 2. The number of hydrogen-bond donors (Lipinski definition) is 0. The topological polar surface area (TPSA) is 38.8 Å². The highest BCUT2D eigenvalue weighted by atomic mass is 16.6. The molecule has 1 unspecified atom stereocenters. The van der Waals surface area contributed by atoms with Crippen LogP contribution in [-0.4, -0.2) is 24.8 Å². The minimum absolute atomic E-state index is 0.315. The molecule has 1 aliphatic heterocycles. The molecule has 0 aromatic carbocycles. The summed E-state index contributed by atoms with van der Waals surface area (Å²) in [7, 11) is 0. The van der Waals surface area contributed by atoms with Crippen molar-refractivity contribution < 1.29 is 14.3 Å². The highest BCUT2D eigenvalue weighted by Crippen LogP contribution is 2.24. The Bertz CT molecular complexity index is 127. The average Bonchev–Trinajstić information content (AvgIpc) is 2.48. The van der Waals surface area contributed by atoms with Gasteiger partial charge in [0, 0.05) is 6.42 Å². The predicted octanol–water partition coefficient (Wildman–Crippen LogP) is 0.727. The summed E-state index contributed by atoms with van der Waals surface area (Å²) in [5, 5.41) is 0. The van der Waals surface area contributed by atoms with Gasteiger partial charge >= 0.3 is 0 Å². The van der Waals surface area contributed by atoms with Gasteiger partial charge in [-0.3, -0.25) is 4.79 Å². The lowest BCUT2D eigenvalue weighted by molar-refractivity contribution is -0.141. The van der Waals surface area contributed by atoms with Crippen molar-refractivity contribution in [2.24, 2.45) is 0 Å². The molecule has 0 spiro atoms. The van der Waals surface area contributed by atoms with Gasteiger partial charge in [0.1, 0.15) is 5.60 Å². The van der Waals surface area contributed by atoms with Crippen molar-refractivity contribution in [2.75, 3.05) is 6.61 Å². The monoisotopic (exact) mass is 144 g/mol. The Hall–Kier alpha value is -0.570. The molecule has 1 rings (SSSR count). The molecule has 0 bridgehead atoms. The minimum Gasteiger partial charge on any atom is -0.462 e. The van der Waals surface area contributed by atoms with E-state index in [0.29, 0.717) is 12.6 Å². The van der Waals surface area contributed by atoms with E-state index >= 15 is 0 Å². The highest BCUT2D eigenvalue weighted by Gasteiger charge is 2.32. The van der Waals surface area contributed by atoms with E-state index in [1.54, 1.807) is 0 Å². The van der Waals surface area contributed by atoms with Gasteiger partial charge in [-0.15, -0.1) is 0 Å². The molecular formula is C7H12O3. The lowest BCUT2D eigenvalue weighted by Gasteiger charge is -2.20. The van der Waals surface area contributed by atoms with Crippen molar-refractivity contribution in [3.63, 3.8) is 0 Å². The Balaban J connectivity index is 2.25. The third kappa shape index (κ3) is 2.35. The molecule has 3 nitrogen and oxygen atoms in total. The second-order valence-corrected chi connectivity index (χ2v) is 3.13. The predicted molar refractivity (Wildman–Crippen MR) is 35.6 cm³/mol. The molecule has 0 aromatic heterocycles. The van der Waals surface area contributed by atoms with E-state index in [0.717, 1.165) is 13.0 Å². The zero-order valence-corrected chi connectivity index (χ0v) is 6.29. The Kier molecular flexibility index (Phi) is 1.94. The molecule has 58 valence electrons. The molecule has 10 heavy (non-hydrogen) atoms. The van der Waals surface area contributed by atoms with E-state index < -0.39 is 0 Å². The molecule has 3 heteroatoms. The summed E-state index contributed by atoms with van der Waals surface area (Å²) in [5.74, 6) is 0. The van der Waals surface area contributed by atoms with Crippen LogP contribution in [0.2, 0.25) is 0 Å². The van der Waals surface area contributed by atoms with Gasteiger partial charge in [0.15, 0.2) is 0 Å². The molecule has 0 radical (unpaired) electrons. The van der Waals surface area contributed by atoms with E-state index in [-0.39, 0.29) is 5.60 Å². The van der Waals surface area contributed by atoms with Crippen LogP contribution in [0.5, 0.6) is 0 Å². The molecule has 1 heterocycles. The minimum atomic E-state index is -0.358. The smallest absolute Gasteiger partial charge is 0.293 e. The van der Waals surface area contributed by atoms with Crippen LogP contribution in [0.3, 0.4) is 0 Å². The second kappa shape index (κ2) is 2.58. The quantitative estimate of drug-likeness (QED) is 0.431. The van der Waals surface area contributed by atoms with Crippen molar-refractivity contribution in [3.05, 3.63) is 0 Å². The maximum atomic E-state index is 9.96. The second-order valence-electron chi connectivity index (χ2n) is 3.13. The van der Waals surface area contributed by atoms with Gasteiger partial charge in [-0.1, -0.05) is 0 Å². The molecule has 1 fully saturated rings. The molecule has 0 saturated carbocycles. The van der Waals surface area contributed by atoms with Crippen LogP contribution in [0, 0.1) is 0 Å². The van der Waals surface area contributed by atoms with Crippen molar-refractivity contribution in [1.29, 1.82) is 0 Å². The SMILES string of the molecule is CC(C)(CC1CO1)OC=O. The standard InChI is InChI=1S/C7H12O3/c1-7(2,10-5-8)3-6-4-9-6/h5-6H,3-4H2,1-2H3. The molecule has 0 amide bonds. The van der Waals surface area contributed by atoms with E-state index in [4.69, 9.17) is 9.47 Å². The van der Waals surface area contributed by atoms with Gasteiger partial charge in [-0.25, -0.2) is 0 Å². The largest absolute Gasteiger partial charge is 0.462 e. The number of rotatable bonds is 4. The maximum absolute atomic E-state index is 9.96. The first-order valence-corrected chi connectivity index (χ1v) is 3.37. The fourth-order valence-corrected chi connectivity index (χ4v) is 0.913. The Morgan fingerprint density at radius 3 is 2.80 bits per heavy atom. The van der Waals surface area contributed by atoms with Crippen LogP contribution in [0.1, 0.15) is 20.3 Å². The van der Waals surface area contributed by atoms with E-state index in [1.807, 2.05) is 13.8 Å². The zero-order valence-electron chi connectivity index (χ0n) is 6.29. The molecule has 0 aliphatic carbocycles. The number of hydrogen-bond acceptors (Lipinski definition) is 3. The van der Waals surface area contributed by atoms with Crippen molar-refractivity contribution in [3.8, 4) is 0 Å². The van der Waals surface area contributed by atoms with E-state index in [1.165, 1.54) is 0 Å². The zero-order chi connectivity index (χ0) is 7.61. The lowest BCUT2D eigenvalue weighted by atomic mass is 10.0. The Morgan fingerprint density at radius 2 is 2.40 bits per heavy atom. The van der Waals surface area contributed by atoms with Crippen LogP contribution in [0.15, 0.2) is 0 Å². The third-order valence-electron chi connectivity index (χ3n) is 1.49. The molecular weight excluding hydrogens is 132 g/mol. The van der Waals surface area contributed by atoms with Gasteiger partial charge in [-0.05, 0) is 13.8 Å². The van der Waals surface area contributed by atoms with Crippen molar-refractivity contribution >= 4 is 6.47 Å². The lowest BCUT2D eigenvalue weighted by Crippen LogP contribution is -2.25. The summed E-state index contributed by atoms with van der Waals surface area (Å²) in [4.78, 5) is 9.96. The summed E-state index contributed by atoms with van der Waals surface area (Å²) in [6, 6.07) is 0. The molecule has 1 saturated heterocycles. The first kappa shape index (κ1) is 7.54. The van der Waals surface area contributed by atoms with Gasteiger partial charge < -0.3 is 9.47 Å². The van der Waals surface area contributed by atoms with Crippen LogP contribution < -0.4 is 0 Å². The molecule has 1 atom stereocenters. The third-order valence-corrected chi connectivity index (χ3v) is 1.49. The molecule has 0 N–H and O–H groups in total. The van der Waals surface area contributed by atoms with Crippen molar-refractivity contribution in [2.45, 2.75) is 32.0 Å². The van der Waals surface area contributed by atoms with Gasteiger partial charge in [0.25, 0.3) is 6.47 Å². The summed E-state index contributed by atoms with van der Waals surface area (Å²) >= 11 is 0. The number of carbonyl (C=O) groups is 1. The number of epoxide rings is 1. The van der Waals surface area contributed by atoms with Crippen LogP contribution in [-0.2, 0) is 14.3 Å². The molecule has 0 aromatic rings.